The number of anilines is 1. The van der Waals surface area contributed by atoms with Gasteiger partial charge in [0.15, 0.2) is 0 Å². The lowest BCUT2D eigenvalue weighted by Crippen LogP contribution is -2.18. The quantitative estimate of drug-likeness (QED) is 0.808. The first kappa shape index (κ1) is 9.55. The zero-order valence-corrected chi connectivity index (χ0v) is 8.69. The molecule has 1 aromatic carbocycles. The van der Waals surface area contributed by atoms with Gasteiger partial charge in [0.1, 0.15) is 0 Å². The number of nitrogens with one attached hydrogen (secondary N) is 1. The molecular weight excluding hydrogens is 198 g/mol. The minimum absolute atomic E-state index is 0.0667. The molecule has 1 aromatic rings. The van der Waals surface area contributed by atoms with Gasteiger partial charge >= 0.3 is 0 Å². The van der Waals surface area contributed by atoms with E-state index in [0.717, 1.165) is 16.1 Å². The van der Waals surface area contributed by atoms with Gasteiger partial charge in [-0.3, -0.25) is 4.79 Å². The molecule has 0 spiro atoms. The van der Waals surface area contributed by atoms with Gasteiger partial charge in [0.2, 0.25) is 5.91 Å². The standard InChI is InChI=1S/C10H11NO2S/c1-13-5-7-2-3-9-8(4-7)11-10(12)6-14-9/h2-4H,5-6H2,1H3,(H,11,12). The van der Waals surface area contributed by atoms with E-state index in [1.54, 1.807) is 18.9 Å². The van der Waals surface area contributed by atoms with Gasteiger partial charge in [-0.2, -0.15) is 0 Å². The molecule has 1 N–H and O–H groups in total. The van der Waals surface area contributed by atoms with E-state index in [1.165, 1.54) is 0 Å². The lowest BCUT2D eigenvalue weighted by molar-refractivity contribution is -0.113. The number of hydrogen-bond donors (Lipinski definition) is 1. The molecule has 1 aliphatic rings. The molecule has 74 valence electrons. The predicted molar refractivity (Wildman–Crippen MR) is 56.5 cm³/mol. The summed E-state index contributed by atoms with van der Waals surface area (Å²) in [6.45, 7) is 0.577. The highest BCUT2D eigenvalue weighted by atomic mass is 32.2. The third kappa shape index (κ3) is 1.91. The molecule has 1 aliphatic heterocycles. The topological polar surface area (TPSA) is 38.3 Å². The van der Waals surface area contributed by atoms with Crippen LogP contribution in [-0.2, 0) is 16.1 Å². The zero-order chi connectivity index (χ0) is 9.97. The number of benzene rings is 1. The van der Waals surface area contributed by atoms with E-state index in [1.807, 2.05) is 18.2 Å². The molecule has 1 heterocycles. The van der Waals surface area contributed by atoms with Crippen LogP contribution in [0.15, 0.2) is 23.1 Å². The summed E-state index contributed by atoms with van der Waals surface area (Å²) in [4.78, 5) is 12.3. The Balaban J connectivity index is 2.28. The van der Waals surface area contributed by atoms with E-state index in [0.29, 0.717) is 12.4 Å². The van der Waals surface area contributed by atoms with Crippen molar-refractivity contribution in [1.29, 1.82) is 0 Å². The molecule has 2 rings (SSSR count). The summed E-state index contributed by atoms with van der Waals surface area (Å²) in [6, 6.07) is 6.00. The molecule has 14 heavy (non-hydrogen) atoms. The minimum atomic E-state index is 0.0667. The second-order valence-corrected chi connectivity index (χ2v) is 4.12. The van der Waals surface area contributed by atoms with E-state index < -0.39 is 0 Å². The molecule has 4 heteroatoms. The zero-order valence-electron chi connectivity index (χ0n) is 7.87. The highest BCUT2D eigenvalue weighted by Gasteiger charge is 2.14. The molecule has 0 saturated carbocycles. The highest BCUT2D eigenvalue weighted by Crippen LogP contribution is 2.31. The predicted octanol–water partition coefficient (Wildman–Crippen LogP) is 1.88. The van der Waals surface area contributed by atoms with Gasteiger partial charge in [0.25, 0.3) is 0 Å². The number of carbonyl (C=O) groups is 1. The maximum atomic E-state index is 11.1. The first-order valence-electron chi connectivity index (χ1n) is 4.34. The van der Waals surface area contributed by atoms with E-state index in [4.69, 9.17) is 4.74 Å². The monoisotopic (exact) mass is 209 g/mol. The Hall–Kier alpha value is -1.000. The van der Waals surface area contributed by atoms with Crippen molar-refractivity contribution in [3.05, 3.63) is 23.8 Å². The lowest BCUT2D eigenvalue weighted by atomic mass is 10.2. The Bertz CT molecular complexity index is 365. The van der Waals surface area contributed by atoms with Crippen LogP contribution in [-0.4, -0.2) is 18.8 Å². The first-order chi connectivity index (χ1) is 6.79. The largest absolute Gasteiger partial charge is 0.380 e. The number of ether oxygens (including phenoxy) is 1. The number of thioether (sulfide) groups is 1. The van der Waals surface area contributed by atoms with Gasteiger partial charge in [-0.1, -0.05) is 6.07 Å². The minimum Gasteiger partial charge on any atom is -0.380 e. The van der Waals surface area contributed by atoms with Crippen LogP contribution in [0.1, 0.15) is 5.56 Å². The summed E-state index contributed by atoms with van der Waals surface area (Å²) in [7, 11) is 1.66. The molecule has 0 radical (unpaired) electrons. The summed E-state index contributed by atoms with van der Waals surface area (Å²) in [5.74, 6) is 0.577. The second-order valence-electron chi connectivity index (χ2n) is 3.10. The Morgan fingerprint density at radius 2 is 2.43 bits per heavy atom. The molecule has 0 unspecified atom stereocenters. The molecule has 1 amide bonds. The van der Waals surface area contributed by atoms with Crippen LogP contribution in [0.3, 0.4) is 0 Å². The van der Waals surface area contributed by atoms with Gasteiger partial charge in [-0.25, -0.2) is 0 Å². The molecule has 0 fully saturated rings. The van der Waals surface area contributed by atoms with Gasteiger partial charge in [0, 0.05) is 12.0 Å². The van der Waals surface area contributed by atoms with Gasteiger partial charge in [-0.15, -0.1) is 11.8 Å². The van der Waals surface area contributed by atoms with E-state index in [-0.39, 0.29) is 5.91 Å². The molecule has 3 nitrogen and oxygen atoms in total. The van der Waals surface area contributed by atoms with Crippen molar-refractivity contribution >= 4 is 23.4 Å². The smallest absolute Gasteiger partial charge is 0.234 e. The van der Waals surface area contributed by atoms with E-state index in [9.17, 15) is 4.79 Å². The number of methoxy groups -OCH3 is 1. The van der Waals surface area contributed by atoms with Crippen LogP contribution in [0.4, 0.5) is 5.69 Å². The normalized spacial score (nSPS) is 14.8. The van der Waals surface area contributed by atoms with Crippen LogP contribution in [0, 0.1) is 0 Å². The fourth-order valence-electron chi connectivity index (χ4n) is 1.39. The maximum Gasteiger partial charge on any atom is 0.234 e. The number of amides is 1. The molecular formula is C10H11NO2S. The number of fused-ring (bicyclic) bond motifs is 1. The van der Waals surface area contributed by atoms with E-state index >= 15 is 0 Å². The number of hydrogen-bond acceptors (Lipinski definition) is 3. The summed E-state index contributed by atoms with van der Waals surface area (Å²) in [6.07, 6.45) is 0. The lowest BCUT2D eigenvalue weighted by Gasteiger charge is -2.16. The van der Waals surface area contributed by atoms with E-state index in [2.05, 4.69) is 5.32 Å². The fourth-order valence-corrected chi connectivity index (χ4v) is 2.18. The molecule has 0 atom stereocenters. The second kappa shape index (κ2) is 4.02. The Morgan fingerprint density at radius 1 is 1.57 bits per heavy atom. The van der Waals surface area contributed by atoms with Crippen molar-refractivity contribution in [1.82, 2.24) is 0 Å². The molecule has 0 bridgehead atoms. The molecule has 0 aromatic heterocycles. The summed E-state index contributed by atoms with van der Waals surface area (Å²) in [5.41, 5.74) is 1.98. The summed E-state index contributed by atoms with van der Waals surface area (Å²) < 4.78 is 5.03. The van der Waals surface area contributed by atoms with Gasteiger partial charge in [0.05, 0.1) is 18.0 Å². The number of rotatable bonds is 2. The summed E-state index contributed by atoms with van der Waals surface area (Å²) in [5, 5.41) is 2.84. The third-order valence-corrected chi connectivity index (χ3v) is 3.06. The van der Waals surface area contributed by atoms with Crippen molar-refractivity contribution in [3.63, 3.8) is 0 Å². The van der Waals surface area contributed by atoms with Crippen molar-refractivity contribution in [2.75, 3.05) is 18.2 Å². The maximum absolute atomic E-state index is 11.1. The Kier molecular flexibility index (Phi) is 2.74. The van der Waals surface area contributed by atoms with Gasteiger partial charge in [-0.05, 0) is 17.7 Å². The van der Waals surface area contributed by atoms with Gasteiger partial charge < -0.3 is 10.1 Å². The van der Waals surface area contributed by atoms with Crippen LogP contribution < -0.4 is 5.32 Å². The fraction of sp³-hybridized carbons (Fsp3) is 0.300. The van der Waals surface area contributed by atoms with Crippen molar-refractivity contribution < 1.29 is 9.53 Å². The summed E-state index contributed by atoms with van der Waals surface area (Å²) >= 11 is 1.57. The third-order valence-electron chi connectivity index (χ3n) is 1.99. The SMILES string of the molecule is COCc1ccc2c(c1)NC(=O)CS2. The van der Waals surface area contributed by atoms with Crippen molar-refractivity contribution in [2.45, 2.75) is 11.5 Å². The average Bonchev–Trinajstić information content (AvgIpc) is 2.17. The number of carbonyl (C=O) groups excluding carboxylic acids is 1. The van der Waals surface area contributed by atoms with Crippen LogP contribution in [0.2, 0.25) is 0 Å². The van der Waals surface area contributed by atoms with Crippen molar-refractivity contribution in [2.24, 2.45) is 0 Å². The van der Waals surface area contributed by atoms with Crippen molar-refractivity contribution in [3.8, 4) is 0 Å². The molecule has 0 aliphatic carbocycles. The average molecular weight is 209 g/mol. The Labute approximate surface area is 86.8 Å². The Morgan fingerprint density at radius 3 is 3.21 bits per heavy atom. The molecule has 0 saturated heterocycles. The first-order valence-corrected chi connectivity index (χ1v) is 5.32. The van der Waals surface area contributed by atoms with Crippen LogP contribution in [0.5, 0.6) is 0 Å². The van der Waals surface area contributed by atoms with Crippen LogP contribution >= 0.6 is 11.8 Å². The van der Waals surface area contributed by atoms with Crippen LogP contribution in [0.25, 0.3) is 0 Å². The highest BCUT2D eigenvalue weighted by molar-refractivity contribution is 8.00.